The molecule has 0 fully saturated rings. The standard InChI is InChI=1S/C20H27NO3/c1-16(2)18-5-9-20(10-6-18)24-14-13-23-19-7-3-17(4-8-19)15-21-11-12-22/h3-10,16,21-22H,11-15H2,1-2H3. The van der Waals surface area contributed by atoms with Gasteiger partial charge in [0.1, 0.15) is 24.7 Å². The highest BCUT2D eigenvalue weighted by Crippen LogP contribution is 2.18. The van der Waals surface area contributed by atoms with Crippen LogP contribution in [0, 0.1) is 0 Å². The molecule has 4 nitrogen and oxygen atoms in total. The number of ether oxygens (including phenoxy) is 2. The van der Waals surface area contributed by atoms with E-state index >= 15 is 0 Å². The second kappa shape index (κ2) is 9.96. The molecule has 0 spiro atoms. The van der Waals surface area contributed by atoms with Gasteiger partial charge >= 0.3 is 0 Å². The summed E-state index contributed by atoms with van der Waals surface area (Å²) in [6.07, 6.45) is 0. The summed E-state index contributed by atoms with van der Waals surface area (Å²) >= 11 is 0. The highest BCUT2D eigenvalue weighted by atomic mass is 16.5. The van der Waals surface area contributed by atoms with E-state index < -0.39 is 0 Å². The lowest BCUT2D eigenvalue weighted by Crippen LogP contribution is -2.17. The van der Waals surface area contributed by atoms with Gasteiger partial charge in [-0.25, -0.2) is 0 Å². The van der Waals surface area contributed by atoms with E-state index in [1.165, 1.54) is 5.56 Å². The Balaban J connectivity index is 1.68. The van der Waals surface area contributed by atoms with Gasteiger partial charge in [-0.3, -0.25) is 0 Å². The largest absolute Gasteiger partial charge is 0.490 e. The molecule has 0 unspecified atom stereocenters. The Morgan fingerprint density at radius 2 is 1.42 bits per heavy atom. The molecule has 0 bridgehead atoms. The van der Waals surface area contributed by atoms with Crippen molar-refractivity contribution in [2.24, 2.45) is 0 Å². The fourth-order valence-electron chi connectivity index (χ4n) is 2.28. The number of rotatable bonds is 10. The van der Waals surface area contributed by atoms with Gasteiger partial charge < -0.3 is 19.9 Å². The number of hydrogen-bond donors (Lipinski definition) is 2. The number of aliphatic hydroxyl groups is 1. The first-order valence-electron chi connectivity index (χ1n) is 8.45. The van der Waals surface area contributed by atoms with Crippen molar-refractivity contribution < 1.29 is 14.6 Å². The van der Waals surface area contributed by atoms with E-state index in [2.05, 4.69) is 31.3 Å². The summed E-state index contributed by atoms with van der Waals surface area (Å²) in [6.45, 7) is 6.88. The van der Waals surface area contributed by atoms with Gasteiger partial charge in [-0.2, -0.15) is 0 Å². The van der Waals surface area contributed by atoms with Crippen molar-refractivity contribution in [1.29, 1.82) is 0 Å². The van der Waals surface area contributed by atoms with Gasteiger partial charge in [0.25, 0.3) is 0 Å². The van der Waals surface area contributed by atoms with Gasteiger partial charge in [0.05, 0.1) is 6.61 Å². The fraction of sp³-hybridized carbons (Fsp3) is 0.400. The normalized spacial score (nSPS) is 10.8. The second-order valence-corrected chi connectivity index (χ2v) is 5.96. The number of hydrogen-bond acceptors (Lipinski definition) is 4. The van der Waals surface area contributed by atoms with Gasteiger partial charge in [0, 0.05) is 13.1 Å². The summed E-state index contributed by atoms with van der Waals surface area (Å²) in [6, 6.07) is 16.2. The Kier molecular flexibility index (Phi) is 7.59. The Morgan fingerprint density at radius 1 is 0.875 bits per heavy atom. The number of nitrogens with one attached hydrogen (secondary N) is 1. The molecule has 0 saturated heterocycles. The minimum absolute atomic E-state index is 0.154. The highest BCUT2D eigenvalue weighted by molar-refractivity contribution is 5.29. The smallest absolute Gasteiger partial charge is 0.122 e. The first-order chi connectivity index (χ1) is 11.7. The zero-order chi connectivity index (χ0) is 17.2. The molecule has 0 aliphatic rings. The molecule has 4 heteroatoms. The third kappa shape index (κ3) is 6.22. The molecule has 0 aromatic heterocycles. The molecule has 0 radical (unpaired) electrons. The van der Waals surface area contributed by atoms with Crippen molar-refractivity contribution in [2.45, 2.75) is 26.3 Å². The molecule has 24 heavy (non-hydrogen) atoms. The predicted octanol–water partition coefficient (Wildman–Crippen LogP) is 3.35. The molecule has 130 valence electrons. The van der Waals surface area contributed by atoms with Crippen LogP contribution < -0.4 is 14.8 Å². The molecular weight excluding hydrogens is 302 g/mol. The summed E-state index contributed by atoms with van der Waals surface area (Å²) in [7, 11) is 0. The van der Waals surface area contributed by atoms with Gasteiger partial charge in [-0.15, -0.1) is 0 Å². The summed E-state index contributed by atoms with van der Waals surface area (Å²) in [4.78, 5) is 0. The summed E-state index contributed by atoms with van der Waals surface area (Å²) in [5.41, 5.74) is 2.48. The molecular formula is C20H27NO3. The van der Waals surface area contributed by atoms with E-state index in [1.54, 1.807) is 0 Å². The molecule has 2 rings (SSSR count). The summed E-state index contributed by atoms with van der Waals surface area (Å²) in [5.74, 6) is 2.23. The number of benzene rings is 2. The Morgan fingerprint density at radius 3 is 1.92 bits per heavy atom. The van der Waals surface area contributed by atoms with Crippen LogP contribution in [0.5, 0.6) is 11.5 Å². The third-order valence-electron chi connectivity index (χ3n) is 3.71. The van der Waals surface area contributed by atoms with Gasteiger partial charge in [-0.05, 0) is 41.3 Å². The molecule has 0 amide bonds. The van der Waals surface area contributed by atoms with E-state index in [1.807, 2.05) is 36.4 Å². The first kappa shape index (κ1) is 18.3. The predicted molar refractivity (Wildman–Crippen MR) is 96.8 cm³/mol. The van der Waals surface area contributed by atoms with E-state index in [9.17, 15) is 0 Å². The van der Waals surface area contributed by atoms with Crippen molar-refractivity contribution >= 4 is 0 Å². The summed E-state index contributed by atoms with van der Waals surface area (Å²) < 4.78 is 11.4. The van der Waals surface area contributed by atoms with Crippen LogP contribution in [-0.4, -0.2) is 31.5 Å². The maximum atomic E-state index is 8.73. The van der Waals surface area contributed by atoms with Crippen LogP contribution in [0.1, 0.15) is 30.9 Å². The molecule has 0 aliphatic carbocycles. The molecule has 0 atom stereocenters. The lowest BCUT2D eigenvalue weighted by atomic mass is 10.0. The quantitative estimate of drug-likeness (QED) is 0.656. The van der Waals surface area contributed by atoms with Crippen molar-refractivity contribution in [2.75, 3.05) is 26.4 Å². The summed E-state index contributed by atoms with van der Waals surface area (Å²) in [5, 5.41) is 11.9. The lowest BCUT2D eigenvalue weighted by molar-refractivity contribution is 0.217. The van der Waals surface area contributed by atoms with E-state index in [4.69, 9.17) is 14.6 Å². The van der Waals surface area contributed by atoms with Gasteiger partial charge in [0.15, 0.2) is 0 Å². The van der Waals surface area contributed by atoms with Crippen LogP contribution in [0.15, 0.2) is 48.5 Å². The van der Waals surface area contributed by atoms with Crippen molar-refractivity contribution in [1.82, 2.24) is 5.32 Å². The van der Waals surface area contributed by atoms with Crippen molar-refractivity contribution in [3.8, 4) is 11.5 Å². The highest BCUT2D eigenvalue weighted by Gasteiger charge is 2.00. The van der Waals surface area contributed by atoms with E-state index in [0.717, 1.165) is 23.6 Å². The lowest BCUT2D eigenvalue weighted by Gasteiger charge is -2.10. The molecule has 0 heterocycles. The van der Waals surface area contributed by atoms with Crippen LogP contribution >= 0.6 is 0 Å². The van der Waals surface area contributed by atoms with Crippen LogP contribution in [-0.2, 0) is 6.54 Å². The first-order valence-corrected chi connectivity index (χ1v) is 8.45. The monoisotopic (exact) mass is 329 g/mol. The zero-order valence-corrected chi connectivity index (χ0v) is 14.5. The maximum absolute atomic E-state index is 8.73. The fourth-order valence-corrected chi connectivity index (χ4v) is 2.28. The van der Waals surface area contributed by atoms with Crippen LogP contribution in [0.3, 0.4) is 0 Å². The van der Waals surface area contributed by atoms with Gasteiger partial charge in [-0.1, -0.05) is 38.1 Å². The Bertz CT molecular complexity index is 579. The van der Waals surface area contributed by atoms with Crippen LogP contribution in [0.2, 0.25) is 0 Å². The SMILES string of the molecule is CC(C)c1ccc(OCCOc2ccc(CNCCO)cc2)cc1. The number of aliphatic hydroxyl groups excluding tert-OH is 1. The van der Waals surface area contributed by atoms with Crippen LogP contribution in [0.25, 0.3) is 0 Å². The maximum Gasteiger partial charge on any atom is 0.122 e. The molecule has 0 saturated carbocycles. The molecule has 2 N–H and O–H groups in total. The zero-order valence-electron chi connectivity index (χ0n) is 14.5. The minimum Gasteiger partial charge on any atom is -0.490 e. The average molecular weight is 329 g/mol. The van der Waals surface area contributed by atoms with E-state index in [-0.39, 0.29) is 6.61 Å². The van der Waals surface area contributed by atoms with E-state index in [0.29, 0.717) is 25.7 Å². The minimum atomic E-state index is 0.154. The second-order valence-electron chi connectivity index (χ2n) is 5.96. The molecule has 2 aromatic rings. The van der Waals surface area contributed by atoms with Crippen molar-refractivity contribution in [3.63, 3.8) is 0 Å². The Hall–Kier alpha value is -2.04. The third-order valence-corrected chi connectivity index (χ3v) is 3.71. The molecule has 0 aliphatic heterocycles. The Labute approximate surface area is 144 Å². The topological polar surface area (TPSA) is 50.7 Å². The molecule has 2 aromatic carbocycles. The van der Waals surface area contributed by atoms with Crippen molar-refractivity contribution in [3.05, 3.63) is 59.7 Å². The van der Waals surface area contributed by atoms with Crippen LogP contribution in [0.4, 0.5) is 0 Å². The average Bonchev–Trinajstić information content (AvgIpc) is 2.60. The van der Waals surface area contributed by atoms with Gasteiger partial charge in [0.2, 0.25) is 0 Å².